The molecule has 0 atom stereocenters. The number of Topliss-reactive ketones (excluding diaryl/α,β-unsaturated/α-hetero) is 2. The number of carbonyl (C=O) groups excluding carboxylic acids is 2. The van der Waals surface area contributed by atoms with Crippen LogP contribution in [-0.2, 0) is 17.6 Å². The number of tetrazole rings is 1. The van der Waals surface area contributed by atoms with Gasteiger partial charge in [-0.25, -0.2) is 4.39 Å². The lowest BCUT2D eigenvalue weighted by Gasteiger charge is -2.03. The zero-order chi connectivity index (χ0) is 18.8. The zero-order valence-electron chi connectivity index (χ0n) is 14.0. The van der Waals surface area contributed by atoms with Crippen LogP contribution in [-0.4, -0.2) is 32.2 Å². The van der Waals surface area contributed by atoms with E-state index < -0.39 is 11.6 Å². The quantitative estimate of drug-likeness (QED) is 0.417. The highest BCUT2D eigenvalue weighted by molar-refractivity contribution is 6.43. The van der Waals surface area contributed by atoms with Gasteiger partial charge in [-0.1, -0.05) is 30.3 Å². The number of H-pyrrole nitrogens is 1. The Morgan fingerprint density at radius 3 is 2.59 bits per heavy atom. The van der Waals surface area contributed by atoms with Crippen LogP contribution in [0.15, 0.2) is 52.9 Å². The van der Waals surface area contributed by atoms with E-state index in [-0.39, 0.29) is 18.1 Å². The van der Waals surface area contributed by atoms with E-state index in [9.17, 15) is 14.0 Å². The van der Waals surface area contributed by atoms with E-state index in [1.165, 1.54) is 12.1 Å². The van der Waals surface area contributed by atoms with Crippen LogP contribution < -0.4 is 0 Å². The van der Waals surface area contributed by atoms with Crippen molar-refractivity contribution in [3.8, 4) is 0 Å². The fourth-order valence-corrected chi connectivity index (χ4v) is 2.90. The third kappa shape index (κ3) is 3.37. The average molecular weight is 364 g/mol. The van der Waals surface area contributed by atoms with Gasteiger partial charge in [-0.2, -0.15) is 5.21 Å². The first kappa shape index (κ1) is 16.8. The van der Waals surface area contributed by atoms with Gasteiger partial charge in [0, 0.05) is 23.8 Å². The topological polar surface area (TPSA) is 102 Å². The third-order valence-corrected chi connectivity index (χ3v) is 4.20. The van der Waals surface area contributed by atoms with Gasteiger partial charge in [-0.3, -0.25) is 9.59 Å². The summed E-state index contributed by atoms with van der Waals surface area (Å²) in [6, 6.07) is 13.3. The van der Waals surface area contributed by atoms with Crippen molar-refractivity contribution in [1.82, 2.24) is 20.6 Å². The van der Waals surface area contributed by atoms with Gasteiger partial charge in [0.15, 0.2) is 0 Å². The molecule has 0 fully saturated rings. The first-order valence-corrected chi connectivity index (χ1v) is 8.16. The Bertz CT molecular complexity index is 1120. The Morgan fingerprint density at radius 2 is 1.85 bits per heavy atom. The summed E-state index contributed by atoms with van der Waals surface area (Å²) in [6.07, 6.45) is 0.217. The van der Waals surface area contributed by atoms with Crippen LogP contribution in [0.2, 0.25) is 0 Å². The molecule has 0 aliphatic heterocycles. The maximum Gasteiger partial charge on any atom is 0.269 e. The van der Waals surface area contributed by atoms with Gasteiger partial charge >= 0.3 is 0 Å². The molecule has 0 spiro atoms. The Balaban J connectivity index is 1.68. The number of para-hydroxylation sites is 1. The van der Waals surface area contributed by atoms with Gasteiger partial charge in [0.25, 0.3) is 5.78 Å². The zero-order valence-corrected chi connectivity index (χ0v) is 14.0. The van der Waals surface area contributed by atoms with Crippen molar-refractivity contribution in [3.05, 3.63) is 77.1 Å². The summed E-state index contributed by atoms with van der Waals surface area (Å²) in [5.41, 5.74) is 2.06. The molecule has 8 heteroatoms. The van der Waals surface area contributed by atoms with Gasteiger partial charge in [0.2, 0.25) is 11.6 Å². The van der Waals surface area contributed by atoms with Crippen LogP contribution in [0.3, 0.4) is 0 Å². The van der Waals surface area contributed by atoms with Crippen molar-refractivity contribution in [2.24, 2.45) is 0 Å². The van der Waals surface area contributed by atoms with Gasteiger partial charge in [0.1, 0.15) is 17.2 Å². The molecule has 0 saturated heterocycles. The summed E-state index contributed by atoms with van der Waals surface area (Å²) >= 11 is 0. The van der Waals surface area contributed by atoms with Gasteiger partial charge < -0.3 is 4.42 Å². The molecule has 2 aromatic heterocycles. The molecule has 134 valence electrons. The molecule has 0 aliphatic carbocycles. The van der Waals surface area contributed by atoms with Crippen molar-refractivity contribution in [3.63, 3.8) is 0 Å². The molecule has 0 saturated carbocycles. The van der Waals surface area contributed by atoms with Crippen molar-refractivity contribution in [2.45, 2.75) is 12.8 Å². The van der Waals surface area contributed by atoms with E-state index in [0.717, 1.165) is 10.9 Å². The van der Waals surface area contributed by atoms with E-state index in [2.05, 4.69) is 20.6 Å². The monoisotopic (exact) mass is 364 g/mol. The molecule has 0 aliphatic rings. The molecular formula is C19H13FN4O3. The maximum atomic E-state index is 13.1. The Kier molecular flexibility index (Phi) is 4.29. The van der Waals surface area contributed by atoms with Crippen LogP contribution >= 0.6 is 0 Å². The lowest BCUT2D eigenvalue weighted by molar-refractivity contribution is -0.114. The van der Waals surface area contributed by atoms with Crippen LogP contribution in [0.25, 0.3) is 11.0 Å². The number of rotatable bonds is 6. The van der Waals surface area contributed by atoms with Crippen molar-refractivity contribution in [2.75, 3.05) is 0 Å². The molecule has 27 heavy (non-hydrogen) atoms. The molecule has 0 bridgehead atoms. The highest BCUT2D eigenvalue weighted by Gasteiger charge is 2.24. The second kappa shape index (κ2) is 6.91. The standard InChI is InChI=1S/C19H13FN4O3/c20-12-7-5-11(6-8-12)9-17-14(13-3-1-2-4-16(13)27-17)10-15(25)18(26)19-21-23-24-22-19/h1-8H,9-10H2,(H,21,22,23,24). The number of nitrogens with zero attached hydrogens (tertiary/aromatic N) is 3. The number of nitrogens with one attached hydrogen (secondary N) is 1. The number of halogens is 1. The van der Waals surface area contributed by atoms with Crippen LogP contribution in [0.5, 0.6) is 0 Å². The van der Waals surface area contributed by atoms with E-state index in [4.69, 9.17) is 4.42 Å². The fourth-order valence-electron chi connectivity index (χ4n) is 2.90. The van der Waals surface area contributed by atoms with Crippen LogP contribution in [0, 0.1) is 5.82 Å². The molecule has 7 nitrogen and oxygen atoms in total. The van der Waals surface area contributed by atoms with E-state index >= 15 is 0 Å². The lowest BCUT2D eigenvalue weighted by atomic mass is 9.99. The minimum absolute atomic E-state index is 0.152. The van der Waals surface area contributed by atoms with Gasteiger partial charge in [-0.15, -0.1) is 10.2 Å². The third-order valence-electron chi connectivity index (χ3n) is 4.20. The summed E-state index contributed by atoms with van der Waals surface area (Å²) < 4.78 is 19.0. The second-order valence-electron chi connectivity index (χ2n) is 5.97. The SMILES string of the molecule is O=C(Cc1c(Cc2ccc(F)cc2)oc2ccccc12)C(=O)c1nn[nH]n1. The molecule has 2 aromatic carbocycles. The Morgan fingerprint density at radius 1 is 1.07 bits per heavy atom. The molecule has 0 unspecified atom stereocenters. The summed E-state index contributed by atoms with van der Waals surface area (Å²) in [5.74, 6) is -1.53. The van der Waals surface area contributed by atoms with Gasteiger partial charge in [0.05, 0.1) is 0 Å². The number of fused-ring (bicyclic) bond motifs is 1. The number of benzene rings is 2. The van der Waals surface area contributed by atoms with E-state index in [1.807, 2.05) is 18.2 Å². The normalized spacial score (nSPS) is 11.0. The predicted molar refractivity (Wildman–Crippen MR) is 92.6 cm³/mol. The lowest BCUT2D eigenvalue weighted by Crippen LogP contribution is -2.18. The maximum absolute atomic E-state index is 13.1. The fraction of sp³-hybridized carbons (Fsp3) is 0.105. The molecule has 4 rings (SSSR count). The number of furan rings is 1. The highest BCUT2D eigenvalue weighted by Crippen LogP contribution is 2.28. The molecular weight excluding hydrogens is 351 g/mol. The van der Waals surface area contributed by atoms with Crippen molar-refractivity contribution < 1.29 is 18.4 Å². The number of ketones is 2. The Labute approximate surface area is 152 Å². The molecule has 2 heterocycles. The minimum atomic E-state index is -0.818. The van der Waals surface area contributed by atoms with Crippen LogP contribution in [0.1, 0.15) is 27.5 Å². The summed E-state index contributed by atoms with van der Waals surface area (Å²) in [5, 5.41) is 13.3. The van der Waals surface area contributed by atoms with E-state index in [1.54, 1.807) is 18.2 Å². The molecule has 4 aromatic rings. The number of hydrogen-bond donors (Lipinski definition) is 1. The average Bonchev–Trinajstić information content (AvgIpc) is 3.32. The van der Waals surface area contributed by atoms with E-state index in [0.29, 0.717) is 23.3 Å². The molecule has 0 radical (unpaired) electrons. The predicted octanol–water partition coefficient (Wildman–Crippen LogP) is 2.67. The first-order valence-electron chi connectivity index (χ1n) is 8.16. The summed E-state index contributed by atoms with van der Waals surface area (Å²) in [4.78, 5) is 24.6. The molecule has 1 N–H and O–H groups in total. The molecule has 0 amide bonds. The minimum Gasteiger partial charge on any atom is -0.460 e. The number of aromatic amines is 1. The largest absolute Gasteiger partial charge is 0.460 e. The highest BCUT2D eigenvalue weighted by atomic mass is 19.1. The summed E-state index contributed by atoms with van der Waals surface area (Å²) in [6.45, 7) is 0. The van der Waals surface area contributed by atoms with Gasteiger partial charge in [-0.05, 0) is 29.0 Å². The Hall–Kier alpha value is -3.68. The number of aromatic nitrogens is 4. The smallest absolute Gasteiger partial charge is 0.269 e. The number of hydrogen-bond acceptors (Lipinski definition) is 6. The second-order valence-corrected chi connectivity index (χ2v) is 5.97. The summed E-state index contributed by atoms with van der Waals surface area (Å²) in [7, 11) is 0. The number of carbonyl (C=O) groups is 2. The van der Waals surface area contributed by atoms with Crippen LogP contribution in [0.4, 0.5) is 4.39 Å². The first-order chi connectivity index (χ1) is 13.1. The van der Waals surface area contributed by atoms with Crippen molar-refractivity contribution in [1.29, 1.82) is 0 Å². The van der Waals surface area contributed by atoms with Crippen molar-refractivity contribution >= 4 is 22.5 Å².